The minimum Gasteiger partial charge on any atom is -0.345 e. The van der Waals surface area contributed by atoms with Crippen molar-refractivity contribution in [1.29, 1.82) is 0 Å². The minimum atomic E-state index is -3.55. The fourth-order valence-electron chi connectivity index (χ4n) is 3.43. The molecule has 0 unspecified atom stereocenters. The molecule has 1 aromatic carbocycles. The Balaban J connectivity index is 1.80. The summed E-state index contributed by atoms with van der Waals surface area (Å²) in [6, 6.07) is 9.87. The first-order valence-electron chi connectivity index (χ1n) is 9.15. The third-order valence-electron chi connectivity index (χ3n) is 4.99. The fraction of sp³-hybridized carbons (Fsp3) is 0.400. The topological polar surface area (TPSA) is 70.6 Å². The molecular formula is C20H24ClN3O3S. The number of pyridine rings is 1. The Kier molecular flexibility index (Phi) is 6.07. The molecule has 1 aliphatic rings. The van der Waals surface area contributed by atoms with E-state index in [1.807, 2.05) is 19.1 Å². The molecule has 1 aromatic heterocycles. The molecule has 0 saturated carbocycles. The number of hydrogen-bond donors (Lipinski definition) is 0. The van der Waals surface area contributed by atoms with Crippen molar-refractivity contribution in [3.8, 4) is 0 Å². The zero-order valence-electron chi connectivity index (χ0n) is 16.2. The summed E-state index contributed by atoms with van der Waals surface area (Å²) in [5.41, 5.74) is 2.21. The van der Waals surface area contributed by atoms with Crippen LogP contribution in [0.4, 0.5) is 0 Å². The molecule has 150 valence electrons. The highest BCUT2D eigenvalue weighted by Gasteiger charge is 2.32. The van der Waals surface area contributed by atoms with Crippen LogP contribution in [-0.4, -0.2) is 55.7 Å². The molecule has 0 radical (unpaired) electrons. The van der Waals surface area contributed by atoms with Crippen molar-refractivity contribution in [2.45, 2.75) is 30.6 Å². The van der Waals surface area contributed by atoms with Crippen molar-refractivity contribution >= 4 is 27.5 Å². The standard InChI is InChI=1S/C20H24ClN3O3S/c1-14-4-9-18(20(25)23(2)3)19(22-14)15-10-12-24(13-11-15)28(26,27)17-7-5-16(21)6-8-17/h4-9,15H,10-13H2,1-3H3. The molecule has 6 nitrogen and oxygen atoms in total. The molecule has 2 heterocycles. The normalized spacial score (nSPS) is 16.1. The average molecular weight is 422 g/mol. The molecule has 0 bridgehead atoms. The first kappa shape index (κ1) is 20.8. The van der Waals surface area contributed by atoms with Crippen LogP contribution in [0.5, 0.6) is 0 Å². The van der Waals surface area contributed by atoms with Gasteiger partial charge in [-0.25, -0.2) is 8.42 Å². The molecule has 0 N–H and O–H groups in total. The Hall–Kier alpha value is -1.96. The number of halogens is 1. The number of amides is 1. The van der Waals surface area contributed by atoms with E-state index in [2.05, 4.69) is 4.98 Å². The van der Waals surface area contributed by atoms with Crippen molar-refractivity contribution in [3.05, 3.63) is 58.4 Å². The van der Waals surface area contributed by atoms with Crippen molar-refractivity contribution in [2.75, 3.05) is 27.2 Å². The van der Waals surface area contributed by atoms with Gasteiger partial charge >= 0.3 is 0 Å². The van der Waals surface area contributed by atoms with Crippen molar-refractivity contribution in [1.82, 2.24) is 14.2 Å². The van der Waals surface area contributed by atoms with E-state index in [9.17, 15) is 13.2 Å². The van der Waals surface area contributed by atoms with Gasteiger partial charge in [-0.1, -0.05) is 11.6 Å². The molecule has 28 heavy (non-hydrogen) atoms. The third kappa shape index (κ3) is 4.21. The van der Waals surface area contributed by atoms with E-state index in [1.54, 1.807) is 26.2 Å². The van der Waals surface area contributed by atoms with Crippen LogP contribution in [0.1, 0.15) is 40.5 Å². The maximum atomic E-state index is 12.9. The summed E-state index contributed by atoms with van der Waals surface area (Å²) in [7, 11) is -0.122. The monoisotopic (exact) mass is 421 g/mol. The van der Waals surface area contributed by atoms with Gasteiger partial charge in [0.2, 0.25) is 10.0 Å². The number of benzene rings is 1. The summed E-state index contributed by atoms with van der Waals surface area (Å²) in [6.45, 7) is 2.68. The lowest BCUT2D eigenvalue weighted by Gasteiger charge is -2.32. The lowest BCUT2D eigenvalue weighted by Crippen LogP contribution is -2.38. The van der Waals surface area contributed by atoms with E-state index in [0.717, 1.165) is 11.4 Å². The van der Waals surface area contributed by atoms with Crippen LogP contribution < -0.4 is 0 Å². The van der Waals surface area contributed by atoms with Crippen LogP contribution in [0.15, 0.2) is 41.3 Å². The summed E-state index contributed by atoms with van der Waals surface area (Å²) in [4.78, 5) is 18.9. The SMILES string of the molecule is Cc1ccc(C(=O)N(C)C)c(C2CCN(S(=O)(=O)c3ccc(Cl)cc3)CC2)n1. The molecule has 0 atom stereocenters. The van der Waals surface area contributed by atoms with Gasteiger partial charge in [0, 0.05) is 43.8 Å². The highest BCUT2D eigenvalue weighted by Crippen LogP contribution is 2.32. The summed E-state index contributed by atoms with van der Waals surface area (Å²) >= 11 is 5.86. The van der Waals surface area contributed by atoms with Crippen LogP contribution in [0.3, 0.4) is 0 Å². The highest BCUT2D eigenvalue weighted by molar-refractivity contribution is 7.89. The van der Waals surface area contributed by atoms with E-state index < -0.39 is 10.0 Å². The number of aryl methyl sites for hydroxylation is 1. The lowest BCUT2D eigenvalue weighted by molar-refractivity contribution is 0.0824. The van der Waals surface area contributed by atoms with Crippen LogP contribution in [0.25, 0.3) is 0 Å². The second-order valence-corrected chi connectivity index (χ2v) is 9.59. The predicted octanol–water partition coefficient (Wildman–Crippen LogP) is 3.31. The molecule has 0 aliphatic carbocycles. The van der Waals surface area contributed by atoms with E-state index in [4.69, 9.17) is 11.6 Å². The Bertz CT molecular complexity index is 967. The van der Waals surface area contributed by atoms with Gasteiger partial charge in [0.05, 0.1) is 16.2 Å². The number of hydrogen-bond acceptors (Lipinski definition) is 4. The molecular weight excluding hydrogens is 398 g/mol. The largest absolute Gasteiger partial charge is 0.345 e. The highest BCUT2D eigenvalue weighted by atomic mass is 35.5. The number of carbonyl (C=O) groups excluding carboxylic acids is 1. The molecule has 2 aromatic rings. The van der Waals surface area contributed by atoms with Crippen LogP contribution in [-0.2, 0) is 10.0 Å². The Morgan fingerprint density at radius 3 is 2.29 bits per heavy atom. The van der Waals surface area contributed by atoms with Crippen molar-refractivity contribution in [3.63, 3.8) is 0 Å². The van der Waals surface area contributed by atoms with Gasteiger partial charge in [0.15, 0.2) is 0 Å². The zero-order valence-corrected chi connectivity index (χ0v) is 17.8. The van der Waals surface area contributed by atoms with Gasteiger partial charge in [0.25, 0.3) is 5.91 Å². The fourth-order valence-corrected chi connectivity index (χ4v) is 5.03. The van der Waals surface area contributed by atoms with E-state index in [0.29, 0.717) is 36.5 Å². The Morgan fingerprint density at radius 2 is 1.71 bits per heavy atom. The second-order valence-electron chi connectivity index (χ2n) is 7.22. The van der Waals surface area contributed by atoms with Crippen LogP contribution in [0.2, 0.25) is 5.02 Å². The summed E-state index contributed by atoms with van der Waals surface area (Å²) in [5, 5.41) is 0.501. The predicted molar refractivity (Wildman–Crippen MR) is 109 cm³/mol. The lowest BCUT2D eigenvalue weighted by atomic mass is 9.90. The number of nitrogens with zero attached hydrogens (tertiary/aromatic N) is 3. The van der Waals surface area contributed by atoms with Crippen LogP contribution >= 0.6 is 11.6 Å². The maximum Gasteiger partial charge on any atom is 0.255 e. The quantitative estimate of drug-likeness (QED) is 0.759. The van der Waals surface area contributed by atoms with E-state index >= 15 is 0 Å². The number of rotatable bonds is 4. The maximum absolute atomic E-state index is 12.9. The van der Waals surface area contributed by atoms with E-state index in [1.165, 1.54) is 21.3 Å². The zero-order chi connectivity index (χ0) is 20.5. The number of aromatic nitrogens is 1. The first-order valence-corrected chi connectivity index (χ1v) is 11.0. The molecule has 1 saturated heterocycles. The number of sulfonamides is 1. The van der Waals surface area contributed by atoms with Gasteiger partial charge in [-0.2, -0.15) is 4.31 Å². The third-order valence-corrected chi connectivity index (χ3v) is 7.16. The van der Waals surface area contributed by atoms with Gasteiger partial charge in [-0.05, 0) is 56.2 Å². The Labute approximate surface area is 171 Å². The van der Waals surface area contributed by atoms with Gasteiger partial charge in [-0.15, -0.1) is 0 Å². The molecule has 3 rings (SSSR count). The van der Waals surface area contributed by atoms with Gasteiger partial charge in [-0.3, -0.25) is 9.78 Å². The minimum absolute atomic E-state index is 0.0514. The van der Waals surface area contributed by atoms with Crippen LogP contribution in [0, 0.1) is 6.92 Å². The first-order chi connectivity index (χ1) is 13.2. The summed E-state index contributed by atoms with van der Waals surface area (Å²) in [6.07, 6.45) is 1.24. The van der Waals surface area contributed by atoms with Gasteiger partial charge in [0.1, 0.15) is 0 Å². The summed E-state index contributed by atoms with van der Waals surface area (Å²) < 4.78 is 27.2. The molecule has 1 aliphatic heterocycles. The smallest absolute Gasteiger partial charge is 0.255 e. The average Bonchev–Trinajstić information content (AvgIpc) is 2.68. The van der Waals surface area contributed by atoms with E-state index in [-0.39, 0.29) is 16.7 Å². The number of carbonyl (C=O) groups is 1. The summed E-state index contributed by atoms with van der Waals surface area (Å²) in [5.74, 6) is -0.0332. The molecule has 1 fully saturated rings. The number of piperidine rings is 1. The molecule has 8 heteroatoms. The molecule has 1 amide bonds. The molecule has 0 spiro atoms. The second kappa shape index (κ2) is 8.19. The van der Waals surface area contributed by atoms with Crippen molar-refractivity contribution < 1.29 is 13.2 Å². The van der Waals surface area contributed by atoms with Gasteiger partial charge < -0.3 is 4.90 Å². The Morgan fingerprint density at radius 1 is 1.11 bits per heavy atom. The van der Waals surface area contributed by atoms with Crippen molar-refractivity contribution in [2.24, 2.45) is 0 Å².